The summed E-state index contributed by atoms with van der Waals surface area (Å²) in [6.45, 7) is 10.1. The van der Waals surface area contributed by atoms with Gasteiger partial charge in [0, 0.05) is 36.9 Å². The van der Waals surface area contributed by atoms with Gasteiger partial charge in [0.15, 0.2) is 0 Å². The second kappa shape index (κ2) is 3.46. The normalized spacial score (nSPS) is 47.3. The van der Waals surface area contributed by atoms with Gasteiger partial charge in [-0.25, -0.2) is 0 Å². The molecule has 0 saturated carbocycles. The van der Waals surface area contributed by atoms with Crippen LogP contribution in [-0.4, -0.2) is 30.0 Å². The Morgan fingerprint density at radius 3 is 2.12 bits per heavy atom. The molecule has 3 heterocycles. The van der Waals surface area contributed by atoms with Gasteiger partial charge in [-0.1, -0.05) is 13.8 Å². The highest BCUT2D eigenvalue weighted by molar-refractivity contribution is 5.06. The van der Waals surface area contributed by atoms with Crippen LogP contribution in [0, 0.1) is 5.41 Å². The molecule has 17 heavy (non-hydrogen) atoms. The van der Waals surface area contributed by atoms with Crippen LogP contribution in [0.3, 0.4) is 0 Å². The van der Waals surface area contributed by atoms with E-state index in [0.717, 1.165) is 19.4 Å². The summed E-state index contributed by atoms with van der Waals surface area (Å²) in [5.74, 6) is 0. The zero-order valence-corrected chi connectivity index (χ0v) is 11.6. The lowest BCUT2D eigenvalue weighted by Gasteiger charge is -2.56. The van der Waals surface area contributed by atoms with E-state index in [-0.39, 0.29) is 16.7 Å². The molecule has 3 aliphatic heterocycles. The lowest BCUT2D eigenvalue weighted by molar-refractivity contribution is -0.248. The van der Waals surface area contributed by atoms with Crippen molar-refractivity contribution in [2.24, 2.45) is 5.41 Å². The van der Waals surface area contributed by atoms with Crippen molar-refractivity contribution < 1.29 is 4.74 Å². The highest BCUT2D eigenvalue weighted by Gasteiger charge is 2.54. The predicted molar refractivity (Wildman–Crippen MR) is 68.9 cm³/mol. The first kappa shape index (κ1) is 11.9. The van der Waals surface area contributed by atoms with Crippen molar-refractivity contribution in [2.45, 2.75) is 76.8 Å². The molecule has 2 bridgehead atoms. The SMILES string of the molecule is CC1(C)CNC2(CC3CCC(C2)N3)OC1(C)C. The molecule has 0 amide bonds. The number of nitrogens with one attached hydrogen (secondary N) is 2. The maximum atomic E-state index is 6.55. The molecule has 0 radical (unpaired) electrons. The van der Waals surface area contributed by atoms with Gasteiger partial charge >= 0.3 is 0 Å². The first-order valence-corrected chi connectivity index (χ1v) is 7.03. The topological polar surface area (TPSA) is 33.3 Å². The smallest absolute Gasteiger partial charge is 0.122 e. The van der Waals surface area contributed by atoms with E-state index in [4.69, 9.17) is 4.74 Å². The van der Waals surface area contributed by atoms with E-state index in [1.165, 1.54) is 12.8 Å². The molecule has 3 fully saturated rings. The predicted octanol–water partition coefficient (Wildman–Crippen LogP) is 2.02. The molecule has 3 aliphatic rings. The summed E-state index contributed by atoms with van der Waals surface area (Å²) in [6, 6.07) is 1.33. The summed E-state index contributed by atoms with van der Waals surface area (Å²) in [6.07, 6.45) is 4.90. The minimum absolute atomic E-state index is 0.0466. The van der Waals surface area contributed by atoms with Gasteiger partial charge in [-0.2, -0.15) is 0 Å². The van der Waals surface area contributed by atoms with E-state index >= 15 is 0 Å². The Kier molecular flexibility index (Phi) is 2.43. The van der Waals surface area contributed by atoms with E-state index in [2.05, 4.69) is 38.3 Å². The van der Waals surface area contributed by atoms with Crippen molar-refractivity contribution in [1.29, 1.82) is 0 Å². The minimum Gasteiger partial charge on any atom is -0.354 e. The van der Waals surface area contributed by atoms with Crippen molar-refractivity contribution in [3.63, 3.8) is 0 Å². The molecular weight excluding hydrogens is 212 g/mol. The lowest BCUT2D eigenvalue weighted by Crippen LogP contribution is -2.69. The third kappa shape index (κ3) is 1.83. The Morgan fingerprint density at radius 2 is 1.59 bits per heavy atom. The Hall–Kier alpha value is -0.120. The van der Waals surface area contributed by atoms with Crippen molar-refractivity contribution >= 4 is 0 Å². The molecule has 2 N–H and O–H groups in total. The average Bonchev–Trinajstić information content (AvgIpc) is 2.54. The van der Waals surface area contributed by atoms with Crippen molar-refractivity contribution in [1.82, 2.24) is 10.6 Å². The Balaban J connectivity index is 1.82. The van der Waals surface area contributed by atoms with Crippen LogP contribution in [0.2, 0.25) is 0 Å². The Labute approximate surface area is 105 Å². The van der Waals surface area contributed by atoms with Gasteiger partial charge in [0.1, 0.15) is 5.72 Å². The van der Waals surface area contributed by atoms with Crippen LogP contribution in [0.25, 0.3) is 0 Å². The van der Waals surface area contributed by atoms with Gasteiger partial charge in [-0.3, -0.25) is 5.32 Å². The fourth-order valence-corrected chi connectivity index (χ4v) is 3.59. The quantitative estimate of drug-likeness (QED) is 0.677. The number of hydrogen-bond acceptors (Lipinski definition) is 3. The van der Waals surface area contributed by atoms with Crippen molar-refractivity contribution in [2.75, 3.05) is 6.54 Å². The molecule has 0 aromatic rings. The van der Waals surface area contributed by atoms with E-state index in [1.54, 1.807) is 0 Å². The van der Waals surface area contributed by atoms with Crippen molar-refractivity contribution in [3.05, 3.63) is 0 Å². The third-order valence-electron chi connectivity index (χ3n) is 5.42. The molecule has 3 saturated heterocycles. The van der Waals surface area contributed by atoms with E-state index in [9.17, 15) is 0 Å². The maximum absolute atomic E-state index is 6.55. The van der Waals surface area contributed by atoms with Crippen LogP contribution in [0.1, 0.15) is 53.4 Å². The largest absolute Gasteiger partial charge is 0.354 e. The fraction of sp³-hybridized carbons (Fsp3) is 1.00. The highest BCUT2D eigenvalue weighted by atomic mass is 16.5. The monoisotopic (exact) mass is 238 g/mol. The standard InChI is InChI=1S/C14H26N2O/c1-12(2)9-15-14(17-13(12,3)4)7-10-5-6-11(8-14)16-10/h10-11,15-16H,5-9H2,1-4H3. The molecular formula is C14H26N2O. The highest BCUT2D eigenvalue weighted by Crippen LogP contribution is 2.45. The molecule has 3 nitrogen and oxygen atoms in total. The number of ether oxygens (including phenoxy) is 1. The van der Waals surface area contributed by atoms with Crippen LogP contribution < -0.4 is 10.6 Å². The molecule has 98 valence electrons. The van der Waals surface area contributed by atoms with Crippen LogP contribution in [0.4, 0.5) is 0 Å². The number of hydrogen-bond donors (Lipinski definition) is 2. The summed E-state index contributed by atoms with van der Waals surface area (Å²) >= 11 is 0. The molecule has 0 aromatic heterocycles. The average molecular weight is 238 g/mol. The number of piperidine rings is 1. The fourth-order valence-electron chi connectivity index (χ4n) is 3.59. The summed E-state index contributed by atoms with van der Waals surface area (Å²) in [4.78, 5) is 0. The second-order valence-electron chi connectivity index (χ2n) is 7.39. The Bertz CT molecular complexity index is 312. The molecule has 2 atom stereocenters. The number of rotatable bonds is 0. The van der Waals surface area contributed by atoms with Gasteiger partial charge in [0.2, 0.25) is 0 Å². The first-order valence-electron chi connectivity index (χ1n) is 7.03. The third-order valence-corrected chi connectivity index (χ3v) is 5.42. The summed E-state index contributed by atoms with van der Waals surface area (Å²) in [5.41, 5.74) is 0.0906. The van der Waals surface area contributed by atoms with Gasteiger partial charge in [0.25, 0.3) is 0 Å². The number of fused-ring (bicyclic) bond motifs is 2. The molecule has 3 heteroatoms. The first-order chi connectivity index (χ1) is 7.82. The van der Waals surface area contributed by atoms with Gasteiger partial charge in [-0.05, 0) is 26.7 Å². The van der Waals surface area contributed by atoms with E-state index in [1.807, 2.05) is 0 Å². The molecule has 2 unspecified atom stereocenters. The zero-order chi connectivity index (χ0) is 12.3. The van der Waals surface area contributed by atoms with Gasteiger partial charge in [0.05, 0.1) is 5.60 Å². The summed E-state index contributed by atoms with van der Waals surface area (Å²) in [5, 5.41) is 7.41. The van der Waals surface area contributed by atoms with Gasteiger partial charge < -0.3 is 10.1 Å². The van der Waals surface area contributed by atoms with Gasteiger partial charge in [-0.15, -0.1) is 0 Å². The van der Waals surface area contributed by atoms with Crippen LogP contribution in [0.5, 0.6) is 0 Å². The molecule has 1 spiro atoms. The Morgan fingerprint density at radius 1 is 1.00 bits per heavy atom. The van der Waals surface area contributed by atoms with Crippen molar-refractivity contribution in [3.8, 4) is 0 Å². The maximum Gasteiger partial charge on any atom is 0.122 e. The van der Waals surface area contributed by atoms with E-state index in [0.29, 0.717) is 12.1 Å². The minimum atomic E-state index is -0.0594. The lowest BCUT2D eigenvalue weighted by atomic mass is 9.74. The molecule has 0 aliphatic carbocycles. The summed E-state index contributed by atoms with van der Waals surface area (Å²) in [7, 11) is 0. The second-order valence-corrected chi connectivity index (χ2v) is 7.39. The summed E-state index contributed by atoms with van der Waals surface area (Å²) < 4.78 is 6.55. The van der Waals surface area contributed by atoms with Crippen LogP contribution in [-0.2, 0) is 4.74 Å². The van der Waals surface area contributed by atoms with Crippen LogP contribution in [0.15, 0.2) is 0 Å². The molecule has 0 aromatic carbocycles. The van der Waals surface area contributed by atoms with E-state index < -0.39 is 0 Å². The molecule has 3 rings (SSSR count). The van der Waals surface area contributed by atoms with Crippen LogP contribution >= 0.6 is 0 Å². The zero-order valence-electron chi connectivity index (χ0n) is 11.6.